The number of halogens is 2. The summed E-state index contributed by atoms with van der Waals surface area (Å²) in [5.41, 5.74) is 0.811. The van der Waals surface area contributed by atoms with Crippen LogP contribution in [0.15, 0.2) is 41.3 Å². The number of carboxylic acids is 1. The largest absolute Gasteiger partial charge is 0.481 e. The molecule has 0 atom stereocenters. The van der Waals surface area contributed by atoms with E-state index >= 15 is 0 Å². The molecule has 0 spiro atoms. The molecule has 2 aromatic carbocycles. The highest BCUT2D eigenvalue weighted by Crippen LogP contribution is 2.38. The Morgan fingerprint density at radius 2 is 1.80 bits per heavy atom. The molecule has 0 aliphatic rings. The van der Waals surface area contributed by atoms with Crippen LogP contribution in [0.1, 0.15) is 13.8 Å². The van der Waals surface area contributed by atoms with Crippen LogP contribution >= 0.6 is 23.2 Å². The molecule has 5 nitrogen and oxygen atoms in total. The van der Waals surface area contributed by atoms with E-state index in [-0.39, 0.29) is 10.6 Å². The van der Waals surface area contributed by atoms with Gasteiger partial charge in [-0.1, -0.05) is 23.2 Å². The molecule has 0 aliphatic carbocycles. The van der Waals surface area contributed by atoms with Gasteiger partial charge in [0.15, 0.2) is 16.4 Å². The van der Waals surface area contributed by atoms with Crippen LogP contribution in [0.25, 0.3) is 11.1 Å². The summed E-state index contributed by atoms with van der Waals surface area (Å²) in [6, 6.07) is 8.96. The Kier molecular flexibility index (Phi) is 5.98. The number of carboxylic acid groups (broad SMARTS) is 1. The van der Waals surface area contributed by atoms with Crippen LogP contribution in [-0.2, 0) is 14.6 Å². The van der Waals surface area contributed by atoms with Gasteiger partial charge in [0.1, 0.15) is 5.75 Å². The second-order valence-corrected chi connectivity index (χ2v) is 8.91. The summed E-state index contributed by atoms with van der Waals surface area (Å²) in [5.74, 6) is -0.893. The molecule has 134 valence electrons. The van der Waals surface area contributed by atoms with Crippen molar-refractivity contribution in [3.05, 3.63) is 46.4 Å². The molecule has 0 saturated heterocycles. The molecular weight excluding hydrogens is 387 g/mol. The number of hydrogen-bond acceptors (Lipinski definition) is 4. The van der Waals surface area contributed by atoms with Gasteiger partial charge in [0.25, 0.3) is 0 Å². The minimum Gasteiger partial charge on any atom is -0.481 e. The lowest BCUT2D eigenvalue weighted by molar-refractivity contribution is -0.139. The van der Waals surface area contributed by atoms with Crippen LogP contribution in [0.3, 0.4) is 0 Å². The first-order chi connectivity index (χ1) is 11.6. The zero-order chi connectivity index (χ0) is 18.8. The van der Waals surface area contributed by atoms with Gasteiger partial charge in [0.2, 0.25) is 0 Å². The van der Waals surface area contributed by atoms with Gasteiger partial charge in [-0.3, -0.25) is 0 Å². The molecule has 0 unspecified atom stereocenters. The van der Waals surface area contributed by atoms with E-state index in [1.54, 1.807) is 26.0 Å². The predicted octanol–water partition coefficient (Wildman–Crippen LogP) is 4.31. The minimum absolute atomic E-state index is 0.117. The Balaban J connectivity index is 2.62. The average Bonchev–Trinajstić information content (AvgIpc) is 2.53. The number of benzene rings is 2. The van der Waals surface area contributed by atoms with Crippen molar-refractivity contribution in [1.82, 2.24) is 0 Å². The van der Waals surface area contributed by atoms with Crippen molar-refractivity contribution in [1.29, 1.82) is 0 Å². The third kappa shape index (κ3) is 4.45. The molecule has 0 saturated carbocycles. The number of hydrogen-bond donors (Lipinski definition) is 1. The van der Waals surface area contributed by atoms with E-state index in [2.05, 4.69) is 0 Å². The fourth-order valence-corrected chi connectivity index (χ4v) is 3.61. The third-order valence-corrected chi connectivity index (χ3v) is 6.19. The summed E-state index contributed by atoms with van der Waals surface area (Å²) in [6.07, 6.45) is 0. The van der Waals surface area contributed by atoms with Crippen molar-refractivity contribution in [3.63, 3.8) is 0 Å². The number of rotatable bonds is 6. The van der Waals surface area contributed by atoms with E-state index in [9.17, 15) is 13.2 Å². The van der Waals surface area contributed by atoms with Crippen molar-refractivity contribution >= 4 is 39.0 Å². The summed E-state index contributed by atoms with van der Waals surface area (Å²) in [6.45, 7) is 2.63. The lowest BCUT2D eigenvalue weighted by Gasteiger charge is -2.14. The van der Waals surface area contributed by atoms with Gasteiger partial charge in [-0.05, 0) is 50.2 Å². The number of sulfone groups is 1. The second kappa shape index (κ2) is 7.64. The molecule has 0 bridgehead atoms. The molecule has 0 radical (unpaired) electrons. The highest BCUT2D eigenvalue weighted by molar-refractivity contribution is 7.92. The van der Waals surface area contributed by atoms with Crippen LogP contribution in [0.2, 0.25) is 10.0 Å². The van der Waals surface area contributed by atoms with Crippen molar-refractivity contribution in [2.75, 3.05) is 6.61 Å². The normalized spacial score (nSPS) is 11.6. The maximum Gasteiger partial charge on any atom is 0.341 e. The zero-order valence-corrected chi connectivity index (χ0v) is 15.8. The van der Waals surface area contributed by atoms with Gasteiger partial charge in [-0.25, -0.2) is 13.2 Å². The summed E-state index contributed by atoms with van der Waals surface area (Å²) in [4.78, 5) is 10.9. The van der Waals surface area contributed by atoms with E-state index in [4.69, 9.17) is 33.0 Å². The first kappa shape index (κ1) is 19.6. The summed E-state index contributed by atoms with van der Waals surface area (Å²) < 4.78 is 30.1. The van der Waals surface area contributed by atoms with Gasteiger partial charge < -0.3 is 9.84 Å². The highest BCUT2D eigenvalue weighted by Gasteiger charge is 2.21. The summed E-state index contributed by atoms with van der Waals surface area (Å²) in [7, 11) is -3.50. The minimum atomic E-state index is -3.50. The molecule has 8 heteroatoms. The molecule has 0 aliphatic heterocycles. The Morgan fingerprint density at radius 3 is 2.40 bits per heavy atom. The zero-order valence-electron chi connectivity index (χ0n) is 13.5. The van der Waals surface area contributed by atoms with Gasteiger partial charge in [-0.2, -0.15) is 0 Å². The van der Waals surface area contributed by atoms with E-state index < -0.39 is 27.7 Å². The van der Waals surface area contributed by atoms with E-state index in [1.807, 2.05) is 0 Å². The number of ether oxygens (including phenoxy) is 1. The molecule has 0 aromatic heterocycles. The van der Waals surface area contributed by atoms with Crippen molar-refractivity contribution in [2.24, 2.45) is 0 Å². The fourth-order valence-electron chi connectivity index (χ4n) is 2.14. The van der Waals surface area contributed by atoms with Crippen LogP contribution < -0.4 is 4.74 Å². The maximum absolute atomic E-state index is 12.4. The summed E-state index contributed by atoms with van der Waals surface area (Å²) >= 11 is 12.3. The molecule has 2 aromatic rings. The molecule has 0 fully saturated rings. The quantitative estimate of drug-likeness (QED) is 0.778. The van der Waals surface area contributed by atoms with E-state index in [0.29, 0.717) is 21.2 Å². The predicted molar refractivity (Wildman–Crippen MR) is 97.4 cm³/mol. The van der Waals surface area contributed by atoms with Crippen molar-refractivity contribution < 1.29 is 23.1 Å². The molecule has 0 heterocycles. The molecular formula is C17H16Cl2O5S. The molecule has 0 amide bonds. The van der Waals surface area contributed by atoms with Crippen molar-refractivity contribution in [3.8, 4) is 16.9 Å². The Bertz CT molecular complexity index is 907. The van der Waals surface area contributed by atoms with Crippen LogP contribution in [0.4, 0.5) is 0 Å². The monoisotopic (exact) mass is 402 g/mol. The first-order valence-electron chi connectivity index (χ1n) is 7.31. The fraction of sp³-hybridized carbons (Fsp3) is 0.235. The lowest BCUT2D eigenvalue weighted by atomic mass is 10.0. The van der Waals surface area contributed by atoms with E-state index in [1.165, 1.54) is 24.3 Å². The van der Waals surface area contributed by atoms with Gasteiger partial charge >= 0.3 is 5.97 Å². The van der Waals surface area contributed by atoms with Gasteiger partial charge in [0.05, 0.1) is 10.1 Å². The average molecular weight is 403 g/mol. The second-order valence-electron chi connectivity index (χ2n) is 5.56. The Hall–Kier alpha value is -1.76. The molecule has 2 rings (SSSR count). The van der Waals surface area contributed by atoms with Gasteiger partial charge in [-0.15, -0.1) is 0 Å². The Morgan fingerprint density at radius 1 is 1.12 bits per heavy atom. The topological polar surface area (TPSA) is 80.7 Å². The summed E-state index contributed by atoms with van der Waals surface area (Å²) in [5, 5.41) is 8.88. The van der Waals surface area contributed by atoms with Gasteiger partial charge in [0, 0.05) is 21.2 Å². The van der Waals surface area contributed by atoms with Crippen LogP contribution in [-0.4, -0.2) is 31.4 Å². The van der Waals surface area contributed by atoms with E-state index in [0.717, 1.165) is 0 Å². The number of aliphatic carboxylic acids is 1. The van der Waals surface area contributed by atoms with Crippen LogP contribution in [0.5, 0.6) is 5.75 Å². The SMILES string of the molecule is CC(C)S(=O)(=O)c1ccc(Cl)c(-c2cc(Cl)ccc2OCC(=O)O)c1. The standard InChI is InChI=1S/C17H16Cl2O5S/c1-10(2)25(22,23)12-4-5-15(19)13(8-12)14-7-11(18)3-6-16(14)24-9-17(20)21/h3-8,10H,9H2,1-2H3,(H,20,21). The maximum atomic E-state index is 12.4. The molecule has 1 N–H and O–H groups in total. The smallest absolute Gasteiger partial charge is 0.341 e. The molecule has 25 heavy (non-hydrogen) atoms. The third-order valence-electron chi connectivity index (χ3n) is 3.47. The highest BCUT2D eigenvalue weighted by atomic mass is 35.5. The number of carbonyl (C=O) groups is 1. The van der Waals surface area contributed by atoms with Crippen LogP contribution in [0, 0.1) is 0 Å². The first-order valence-corrected chi connectivity index (χ1v) is 9.61. The van der Waals surface area contributed by atoms with Crippen molar-refractivity contribution in [2.45, 2.75) is 24.0 Å². The Labute approximate surface area is 156 Å². The lowest BCUT2D eigenvalue weighted by Crippen LogP contribution is -2.14.